The standard InChI is InChI=1S/C13H14N2O/c1-10(7-14)9-16-12-6-11-4-2-3-5-13(11)15-8-12/h2-6,8H,1,7,9,14H2. The highest BCUT2D eigenvalue weighted by atomic mass is 16.5. The van der Waals surface area contributed by atoms with E-state index in [2.05, 4.69) is 11.6 Å². The highest BCUT2D eigenvalue weighted by Gasteiger charge is 1.98. The summed E-state index contributed by atoms with van der Waals surface area (Å²) in [4.78, 5) is 4.30. The molecule has 0 saturated heterocycles. The highest BCUT2D eigenvalue weighted by Crippen LogP contribution is 2.17. The van der Waals surface area contributed by atoms with Gasteiger partial charge in [0.1, 0.15) is 12.4 Å². The highest BCUT2D eigenvalue weighted by molar-refractivity contribution is 5.79. The molecule has 2 rings (SSSR count). The molecule has 0 bridgehead atoms. The smallest absolute Gasteiger partial charge is 0.138 e. The number of fused-ring (bicyclic) bond motifs is 1. The zero-order valence-electron chi connectivity index (χ0n) is 9.02. The molecular weight excluding hydrogens is 200 g/mol. The third-order valence-electron chi connectivity index (χ3n) is 2.30. The van der Waals surface area contributed by atoms with E-state index in [0.29, 0.717) is 13.2 Å². The third kappa shape index (κ3) is 2.38. The molecule has 16 heavy (non-hydrogen) atoms. The van der Waals surface area contributed by atoms with Crippen LogP contribution in [0.15, 0.2) is 48.7 Å². The lowest BCUT2D eigenvalue weighted by Crippen LogP contribution is -2.09. The van der Waals surface area contributed by atoms with Gasteiger partial charge in [-0.3, -0.25) is 4.98 Å². The number of hydrogen-bond acceptors (Lipinski definition) is 3. The molecule has 0 atom stereocenters. The van der Waals surface area contributed by atoms with Crippen molar-refractivity contribution in [2.75, 3.05) is 13.2 Å². The number of hydrogen-bond donors (Lipinski definition) is 1. The lowest BCUT2D eigenvalue weighted by Gasteiger charge is -2.07. The first-order valence-electron chi connectivity index (χ1n) is 5.14. The van der Waals surface area contributed by atoms with Crippen LogP contribution in [0.3, 0.4) is 0 Å². The molecule has 0 radical (unpaired) electrons. The van der Waals surface area contributed by atoms with Gasteiger partial charge in [-0.2, -0.15) is 0 Å². The van der Waals surface area contributed by atoms with E-state index >= 15 is 0 Å². The Morgan fingerprint density at radius 3 is 3.00 bits per heavy atom. The van der Waals surface area contributed by atoms with Gasteiger partial charge >= 0.3 is 0 Å². The van der Waals surface area contributed by atoms with E-state index < -0.39 is 0 Å². The Morgan fingerprint density at radius 1 is 1.38 bits per heavy atom. The van der Waals surface area contributed by atoms with E-state index in [0.717, 1.165) is 22.2 Å². The minimum Gasteiger partial charge on any atom is -0.488 e. The monoisotopic (exact) mass is 214 g/mol. The van der Waals surface area contributed by atoms with Crippen molar-refractivity contribution >= 4 is 10.9 Å². The maximum absolute atomic E-state index is 5.52. The number of benzene rings is 1. The van der Waals surface area contributed by atoms with Crippen LogP contribution in [-0.2, 0) is 0 Å². The first-order valence-corrected chi connectivity index (χ1v) is 5.14. The topological polar surface area (TPSA) is 48.1 Å². The molecule has 0 aliphatic rings. The Bertz CT molecular complexity index is 508. The summed E-state index contributed by atoms with van der Waals surface area (Å²) >= 11 is 0. The minimum absolute atomic E-state index is 0.441. The van der Waals surface area contributed by atoms with Crippen molar-refractivity contribution in [3.05, 3.63) is 48.7 Å². The van der Waals surface area contributed by atoms with Gasteiger partial charge in [0.15, 0.2) is 0 Å². The van der Waals surface area contributed by atoms with Gasteiger partial charge in [0.2, 0.25) is 0 Å². The van der Waals surface area contributed by atoms with E-state index in [1.165, 1.54) is 0 Å². The Kier molecular flexibility index (Phi) is 3.17. The van der Waals surface area contributed by atoms with Crippen LogP contribution in [-0.4, -0.2) is 18.1 Å². The first kappa shape index (κ1) is 10.6. The summed E-state index contributed by atoms with van der Waals surface area (Å²) in [6.45, 7) is 4.67. The summed E-state index contributed by atoms with van der Waals surface area (Å²) in [6, 6.07) is 9.88. The molecule has 1 heterocycles. The predicted molar refractivity (Wildman–Crippen MR) is 65.4 cm³/mol. The van der Waals surface area contributed by atoms with Crippen molar-refractivity contribution in [2.24, 2.45) is 5.73 Å². The summed E-state index contributed by atoms with van der Waals surface area (Å²) in [5.74, 6) is 0.744. The summed E-state index contributed by atoms with van der Waals surface area (Å²) in [7, 11) is 0. The van der Waals surface area contributed by atoms with Gasteiger partial charge in [0, 0.05) is 11.9 Å². The maximum atomic E-state index is 5.52. The molecule has 0 fully saturated rings. The summed E-state index contributed by atoms with van der Waals surface area (Å²) in [5.41, 5.74) is 7.27. The van der Waals surface area contributed by atoms with Gasteiger partial charge in [0.25, 0.3) is 0 Å². The van der Waals surface area contributed by atoms with Crippen LogP contribution in [0.4, 0.5) is 0 Å². The Hall–Kier alpha value is -1.87. The van der Waals surface area contributed by atoms with Crippen LogP contribution in [0.25, 0.3) is 10.9 Å². The Morgan fingerprint density at radius 2 is 2.19 bits per heavy atom. The van der Waals surface area contributed by atoms with E-state index in [9.17, 15) is 0 Å². The third-order valence-corrected chi connectivity index (χ3v) is 2.30. The predicted octanol–water partition coefficient (Wildman–Crippen LogP) is 2.13. The fourth-order valence-corrected chi connectivity index (χ4v) is 1.37. The van der Waals surface area contributed by atoms with Crippen molar-refractivity contribution in [1.82, 2.24) is 4.98 Å². The Labute approximate surface area is 94.6 Å². The summed E-state index contributed by atoms with van der Waals surface area (Å²) in [6.07, 6.45) is 1.71. The molecular formula is C13H14N2O. The number of nitrogens with zero attached hydrogens (tertiary/aromatic N) is 1. The summed E-state index contributed by atoms with van der Waals surface area (Å²) in [5, 5.41) is 1.07. The van der Waals surface area contributed by atoms with Gasteiger partial charge in [-0.1, -0.05) is 24.8 Å². The largest absolute Gasteiger partial charge is 0.488 e. The second kappa shape index (κ2) is 4.77. The van der Waals surface area contributed by atoms with E-state index in [4.69, 9.17) is 10.5 Å². The second-order valence-electron chi connectivity index (χ2n) is 3.61. The van der Waals surface area contributed by atoms with Crippen molar-refractivity contribution in [1.29, 1.82) is 0 Å². The van der Waals surface area contributed by atoms with Gasteiger partial charge < -0.3 is 10.5 Å². The van der Waals surface area contributed by atoms with Crippen molar-refractivity contribution < 1.29 is 4.74 Å². The van der Waals surface area contributed by atoms with E-state index in [1.54, 1.807) is 6.20 Å². The molecule has 0 spiro atoms. The quantitative estimate of drug-likeness (QED) is 0.793. The fourth-order valence-electron chi connectivity index (χ4n) is 1.37. The molecule has 2 aromatic rings. The average molecular weight is 214 g/mol. The number of ether oxygens (including phenoxy) is 1. The minimum atomic E-state index is 0.441. The number of aromatic nitrogens is 1. The lowest BCUT2D eigenvalue weighted by atomic mass is 10.2. The normalized spacial score (nSPS) is 10.3. The van der Waals surface area contributed by atoms with Crippen LogP contribution in [0.5, 0.6) is 5.75 Å². The van der Waals surface area contributed by atoms with Crippen LogP contribution >= 0.6 is 0 Å². The van der Waals surface area contributed by atoms with Gasteiger partial charge in [-0.15, -0.1) is 0 Å². The molecule has 3 nitrogen and oxygen atoms in total. The zero-order valence-corrected chi connectivity index (χ0v) is 9.02. The van der Waals surface area contributed by atoms with Crippen molar-refractivity contribution in [3.8, 4) is 5.75 Å². The lowest BCUT2D eigenvalue weighted by molar-refractivity contribution is 0.350. The van der Waals surface area contributed by atoms with E-state index in [-0.39, 0.29) is 0 Å². The molecule has 0 amide bonds. The average Bonchev–Trinajstić information content (AvgIpc) is 2.35. The van der Waals surface area contributed by atoms with Crippen LogP contribution in [0.1, 0.15) is 0 Å². The fraction of sp³-hybridized carbons (Fsp3) is 0.154. The number of rotatable bonds is 4. The van der Waals surface area contributed by atoms with Crippen LogP contribution in [0, 0.1) is 0 Å². The van der Waals surface area contributed by atoms with Gasteiger partial charge in [0.05, 0.1) is 11.7 Å². The molecule has 2 N–H and O–H groups in total. The van der Waals surface area contributed by atoms with Crippen LogP contribution in [0.2, 0.25) is 0 Å². The second-order valence-corrected chi connectivity index (χ2v) is 3.61. The van der Waals surface area contributed by atoms with E-state index in [1.807, 2.05) is 30.3 Å². The molecule has 82 valence electrons. The zero-order chi connectivity index (χ0) is 11.4. The molecule has 0 saturated carbocycles. The van der Waals surface area contributed by atoms with Gasteiger partial charge in [-0.05, 0) is 17.7 Å². The number of pyridine rings is 1. The van der Waals surface area contributed by atoms with Gasteiger partial charge in [-0.25, -0.2) is 0 Å². The number of para-hydroxylation sites is 1. The number of nitrogens with two attached hydrogens (primary N) is 1. The summed E-state index contributed by atoms with van der Waals surface area (Å²) < 4.78 is 5.52. The SMILES string of the molecule is C=C(CN)COc1cnc2ccccc2c1. The maximum Gasteiger partial charge on any atom is 0.138 e. The molecule has 1 aromatic heterocycles. The first-order chi connectivity index (χ1) is 7.79. The van der Waals surface area contributed by atoms with Crippen molar-refractivity contribution in [2.45, 2.75) is 0 Å². The molecule has 0 aliphatic carbocycles. The van der Waals surface area contributed by atoms with Crippen molar-refractivity contribution in [3.63, 3.8) is 0 Å². The van der Waals surface area contributed by atoms with Crippen LogP contribution < -0.4 is 10.5 Å². The molecule has 0 aliphatic heterocycles. The molecule has 0 unspecified atom stereocenters. The molecule has 1 aromatic carbocycles. The Balaban J connectivity index is 2.16. The molecule has 3 heteroatoms.